The van der Waals surface area contributed by atoms with Crippen LogP contribution >= 0.6 is 0 Å². The molecule has 0 aliphatic carbocycles. The van der Waals surface area contributed by atoms with Gasteiger partial charge in [-0.2, -0.15) is 0 Å². The predicted octanol–water partition coefficient (Wildman–Crippen LogP) is 24.3. The Kier molecular flexibility index (Phi) is 66.7. The summed E-state index contributed by atoms with van der Waals surface area (Å²) >= 11 is 0. The van der Waals surface area contributed by atoms with Crippen LogP contribution in [-0.2, 0) is 28.6 Å². The summed E-state index contributed by atoms with van der Waals surface area (Å²) in [5.74, 6) is -0.910. The minimum atomic E-state index is -0.795. The second-order valence-corrected chi connectivity index (χ2v) is 23.0. The van der Waals surface area contributed by atoms with E-state index in [1.54, 1.807) is 0 Å². The highest BCUT2D eigenvalue weighted by Gasteiger charge is 2.19. The normalized spacial score (nSPS) is 12.9. The van der Waals surface area contributed by atoms with Crippen molar-refractivity contribution in [2.24, 2.45) is 0 Å². The van der Waals surface area contributed by atoms with Crippen LogP contribution in [0.3, 0.4) is 0 Å². The predicted molar refractivity (Wildman–Crippen MR) is 362 cm³/mol. The van der Waals surface area contributed by atoms with Crippen molar-refractivity contribution in [3.05, 3.63) is 122 Å². The number of esters is 3. The Balaban J connectivity index is 4.16. The van der Waals surface area contributed by atoms with Crippen LogP contribution in [-0.4, -0.2) is 37.2 Å². The van der Waals surface area contributed by atoms with Crippen molar-refractivity contribution in [1.29, 1.82) is 0 Å². The van der Waals surface area contributed by atoms with Crippen LogP contribution < -0.4 is 0 Å². The minimum Gasteiger partial charge on any atom is -0.462 e. The second kappa shape index (κ2) is 70.3. The van der Waals surface area contributed by atoms with Gasteiger partial charge < -0.3 is 14.2 Å². The number of unbranched alkanes of at least 4 members (excludes halogenated alkanes) is 32. The lowest BCUT2D eigenvalue weighted by Crippen LogP contribution is -2.30. The van der Waals surface area contributed by atoms with E-state index >= 15 is 0 Å². The Morgan fingerprint density at radius 2 is 0.470 bits per heavy atom. The third-order valence-corrected chi connectivity index (χ3v) is 15.0. The van der Waals surface area contributed by atoms with Gasteiger partial charge in [0.2, 0.25) is 0 Å². The highest BCUT2D eigenvalue weighted by molar-refractivity contribution is 5.71. The summed E-state index contributed by atoms with van der Waals surface area (Å²) in [7, 11) is 0. The summed E-state index contributed by atoms with van der Waals surface area (Å²) in [6.07, 6.45) is 98.1. The molecule has 0 radical (unpaired) electrons. The lowest BCUT2D eigenvalue weighted by molar-refractivity contribution is -0.167. The summed E-state index contributed by atoms with van der Waals surface area (Å²) in [4.78, 5) is 38.3. The average molecular weight is 1150 g/mol. The zero-order valence-corrected chi connectivity index (χ0v) is 54.4. The first-order valence-electron chi connectivity index (χ1n) is 35.0. The van der Waals surface area contributed by atoms with E-state index < -0.39 is 6.10 Å². The number of rotatable bonds is 63. The van der Waals surface area contributed by atoms with Gasteiger partial charge >= 0.3 is 17.9 Å². The van der Waals surface area contributed by atoms with Gasteiger partial charge in [0.1, 0.15) is 13.2 Å². The van der Waals surface area contributed by atoms with Gasteiger partial charge in [0.05, 0.1) is 0 Å². The first-order valence-corrected chi connectivity index (χ1v) is 35.0. The number of carbonyl (C=O) groups is 3. The molecule has 0 saturated carbocycles. The van der Waals surface area contributed by atoms with Crippen molar-refractivity contribution in [2.75, 3.05) is 13.2 Å². The third-order valence-electron chi connectivity index (χ3n) is 15.0. The molecule has 0 aromatic heterocycles. The molecule has 0 rings (SSSR count). The Bertz CT molecular complexity index is 1700. The van der Waals surface area contributed by atoms with Crippen LogP contribution in [0.25, 0.3) is 0 Å². The Labute approximate surface area is 513 Å². The zero-order valence-electron chi connectivity index (χ0n) is 54.4. The zero-order chi connectivity index (χ0) is 59.9. The maximum atomic E-state index is 12.9. The van der Waals surface area contributed by atoms with Crippen molar-refractivity contribution in [1.82, 2.24) is 0 Å². The Morgan fingerprint density at radius 3 is 0.747 bits per heavy atom. The smallest absolute Gasteiger partial charge is 0.306 e. The monoisotopic (exact) mass is 1150 g/mol. The maximum absolute atomic E-state index is 12.9. The average Bonchev–Trinajstić information content (AvgIpc) is 3.48. The second-order valence-electron chi connectivity index (χ2n) is 23.0. The number of allylic oxidation sites excluding steroid dienone is 20. The van der Waals surface area contributed by atoms with E-state index in [1.807, 2.05) is 0 Å². The van der Waals surface area contributed by atoms with Crippen LogP contribution in [0.2, 0.25) is 0 Å². The molecule has 83 heavy (non-hydrogen) atoms. The largest absolute Gasteiger partial charge is 0.462 e. The summed E-state index contributed by atoms with van der Waals surface area (Å²) < 4.78 is 16.9. The van der Waals surface area contributed by atoms with Crippen molar-refractivity contribution >= 4 is 17.9 Å². The number of ether oxygens (including phenoxy) is 3. The van der Waals surface area contributed by atoms with Crippen LogP contribution in [0.5, 0.6) is 0 Å². The van der Waals surface area contributed by atoms with Crippen molar-refractivity contribution in [3.63, 3.8) is 0 Å². The third kappa shape index (κ3) is 68.5. The fraction of sp³-hybridized carbons (Fsp3) is 0.701. The van der Waals surface area contributed by atoms with Gasteiger partial charge in [-0.05, 0) is 109 Å². The number of hydrogen-bond donors (Lipinski definition) is 0. The van der Waals surface area contributed by atoms with Gasteiger partial charge in [-0.15, -0.1) is 0 Å². The quantitative estimate of drug-likeness (QED) is 0.0261. The molecule has 6 nitrogen and oxygen atoms in total. The molecule has 0 aliphatic heterocycles. The van der Waals surface area contributed by atoms with Crippen molar-refractivity contribution in [3.8, 4) is 0 Å². The van der Waals surface area contributed by atoms with E-state index in [4.69, 9.17) is 14.2 Å². The molecule has 474 valence electrons. The van der Waals surface area contributed by atoms with E-state index in [9.17, 15) is 14.4 Å². The first kappa shape index (κ1) is 78.8. The molecular weight excluding hydrogens is 1020 g/mol. The molecule has 0 bridgehead atoms. The molecule has 0 fully saturated rings. The van der Waals surface area contributed by atoms with Crippen LogP contribution in [0.4, 0.5) is 0 Å². The molecule has 0 N–H and O–H groups in total. The molecule has 0 aromatic carbocycles. The van der Waals surface area contributed by atoms with Gasteiger partial charge in [0, 0.05) is 19.3 Å². The lowest BCUT2D eigenvalue weighted by atomic mass is 10.0. The Morgan fingerprint density at radius 1 is 0.253 bits per heavy atom. The van der Waals surface area contributed by atoms with E-state index in [0.29, 0.717) is 19.3 Å². The van der Waals surface area contributed by atoms with Crippen LogP contribution in [0, 0.1) is 0 Å². The summed E-state index contributed by atoms with van der Waals surface area (Å²) in [5, 5.41) is 0. The molecular formula is C77H130O6. The molecule has 0 aromatic rings. The molecule has 0 aliphatic rings. The highest BCUT2D eigenvalue weighted by atomic mass is 16.6. The van der Waals surface area contributed by atoms with Crippen molar-refractivity contribution < 1.29 is 28.6 Å². The summed E-state index contributed by atoms with van der Waals surface area (Å²) in [6, 6.07) is 0. The van der Waals surface area contributed by atoms with Gasteiger partial charge in [-0.3, -0.25) is 14.4 Å². The van der Waals surface area contributed by atoms with Crippen molar-refractivity contribution in [2.45, 2.75) is 335 Å². The van der Waals surface area contributed by atoms with Gasteiger partial charge in [0.25, 0.3) is 0 Å². The van der Waals surface area contributed by atoms with E-state index in [-0.39, 0.29) is 31.1 Å². The topological polar surface area (TPSA) is 78.9 Å². The van der Waals surface area contributed by atoms with E-state index in [1.165, 1.54) is 161 Å². The number of carbonyl (C=O) groups excluding carboxylic acids is 3. The molecule has 0 spiro atoms. The van der Waals surface area contributed by atoms with E-state index in [0.717, 1.165) is 128 Å². The van der Waals surface area contributed by atoms with E-state index in [2.05, 4.69) is 142 Å². The summed E-state index contributed by atoms with van der Waals surface area (Å²) in [6.45, 7) is 6.40. The highest BCUT2D eigenvalue weighted by Crippen LogP contribution is 2.17. The van der Waals surface area contributed by atoms with Gasteiger partial charge in [0.15, 0.2) is 6.10 Å². The lowest BCUT2D eigenvalue weighted by Gasteiger charge is -2.18. The number of hydrogen-bond acceptors (Lipinski definition) is 6. The molecule has 0 heterocycles. The fourth-order valence-electron chi connectivity index (χ4n) is 9.79. The standard InChI is InChI=1S/C77H130O6/c1-4-7-10-13-16-19-22-24-26-28-30-31-32-33-34-35-36-37-38-39-40-41-42-43-44-45-47-48-50-52-55-58-61-64-67-70-76(79)82-73-74(72-81-75(78)69-66-63-60-57-54-21-18-15-12-9-6-3)83-77(80)71-68-65-62-59-56-53-51-49-46-29-27-25-23-20-17-14-11-8-5-2/h7-8,10-11,16-17,19-20,24-27,30-31,33-34,46,49,53,56,74H,4-6,9,12-15,18,21-23,28-29,32,35-45,47-48,50-52,54-55,57-73H2,1-3H3/b10-7-,11-8-,19-16-,20-17-,26-24-,27-25-,31-30-,34-33-,49-46-,56-53-. The van der Waals surface area contributed by atoms with Crippen LogP contribution in [0.15, 0.2) is 122 Å². The van der Waals surface area contributed by atoms with Gasteiger partial charge in [-0.1, -0.05) is 322 Å². The van der Waals surface area contributed by atoms with Gasteiger partial charge in [-0.25, -0.2) is 0 Å². The molecule has 1 atom stereocenters. The molecule has 1 unspecified atom stereocenters. The molecule has 0 amide bonds. The summed E-state index contributed by atoms with van der Waals surface area (Å²) in [5.41, 5.74) is 0. The molecule has 0 saturated heterocycles. The Hall–Kier alpha value is -4.19. The SMILES string of the molecule is CC/C=C\C/C=C\C/C=C\C/C=C\C/C=C\CCCCCCCCCCCCCCCCCCCCCC(=O)OCC(COC(=O)CCCCCCCCCCCCC)OC(=O)CCCCC/C=C\C/C=C\C/C=C\C/C=C\C/C=C\CC. The first-order chi connectivity index (χ1) is 41.0. The molecule has 6 heteroatoms. The van der Waals surface area contributed by atoms with Crippen LogP contribution in [0.1, 0.15) is 329 Å². The minimum absolute atomic E-state index is 0.0883. The maximum Gasteiger partial charge on any atom is 0.306 e. The fourth-order valence-corrected chi connectivity index (χ4v) is 9.79.